The summed E-state index contributed by atoms with van der Waals surface area (Å²) < 4.78 is 0. The Morgan fingerprint density at radius 2 is 1.65 bits per heavy atom. The zero-order valence-electron chi connectivity index (χ0n) is 10.0. The topological polar surface area (TPSA) is 12.0 Å². The second-order valence-corrected chi connectivity index (χ2v) is 5.06. The first-order valence-corrected chi connectivity index (χ1v) is 6.77. The first-order chi connectivity index (χ1) is 8.34. The number of aryl methyl sites for hydroxylation is 1. The van der Waals surface area contributed by atoms with Crippen LogP contribution in [0.4, 0.5) is 0 Å². The van der Waals surface area contributed by atoms with Crippen LogP contribution in [0.5, 0.6) is 0 Å². The van der Waals surface area contributed by atoms with E-state index < -0.39 is 0 Å². The monoisotopic (exact) mass is 243 g/mol. The fourth-order valence-electron chi connectivity index (χ4n) is 1.56. The fraction of sp³-hybridized carbons (Fsp3) is 0.200. The van der Waals surface area contributed by atoms with Gasteiger partial charge in [-0.2, -0.15) is 0 Å². The molecule has 0 aliphatic rings. The molecule has 0 saturated heterocycles. The summed E-state index contributed by atoms with van der Waals surface area (Å²) in [5.41, 5.74) is 2.64. The molecule has 0 bridgehead atoms. The van der Waals surface area contributed by atoms with Gasteiger partial charge >= 0.3 is 0 Å². The van der Waals surface area contributed by atoms with Crippen molar-refractivity contribution in [2.45, 2.75) is 18.4 Å². The molecule has 2 aromatic rings. The van der Waals surface area contributed by atoms with Gasteiger partial charge in [-0.05, 0) is 24.6 Å². The van der Waals surface area contributed by atoms with Gasteiger partial charge in [0.2, 0.25) is 0 Å². The van der Waals surface area contributed by atoms with Crippen LogP contribution in [-0.4, -0.2) is 5.88 Å². The molecule has 0 aliphatic carbocycles. The molecule has 0 fully saturated rings. The van der Waals surface area contributed by atoms with Crippen LogP contribution in [0.15, 0.2) is 59.5 Å². The second-order valence-electron chi connectivity index (χ2n) is 4.01. The smallest absolute Gasteiger partial charge is 0.0468 e. The average Bonchev–Trinajstić information content (AvgIpc) is 2.38. The Labute approximate surface area is 107 Å². The van der Waals surface area contributed by atoms with E-state index in [1.807, 2.05) is 17.8 Å². The van der Waals surface area contributed by atoms with E-state index in [1.54, 1.807) is 0 Å². The lowest BCUT2D eigenvalue weighted by molar-refractivity contribution is 0.796. The maximum Gasteiger partial charge on any atom is 0.0468 e. The van der Waals surface area contributed by atoms with Gasteiger partial charge in [0, 0.05) is 17.3 Å². The third-order valence-corrected chi connectivity index (χ3v) is 3.49. The highest BCUT2D eigenvalue weighted by atomic mass is 32.2. The van der Waals surface area contributed by atoms with Crippen LogP contribution in [0.3, 0.4) is 0 Å². The van der Waals surface area contributed by atoms with Gasteiger partial charge in [-0.15, -0.1) is 11.8 Å². The maximum absolute atomic E-state index is 3.43. The van der Waals surface area contributed by atoms with E-state index in [0.29, 0.717) is 0 Å². The minimum atomic E-state index is 0.930. The molecule has 0 saturated carbocycles. The molecule has 0 radical (unpaired) electrons. The number of rotatable bonds is 5. The largest absolute Gasteiger partial charge is 0.303 e. The molecule has 88 valence electrons. The Balaban J connectivity index is 1.71. The molecule has 0 heterocycles. The Bertz CT molecular complexity index is 436. The van der Waals surface area contributed by atoms with Crippen LogP contribution in [-0.2, 0) is 6.54 Å². The Kier molecular flexibility index (Phi) is 4.65. The minimum absolute atomic E-state index is 0.930. The van der Waals surface area contributed by atoms with Crippen LogP contribution in [0.25, 0.3) is 0 Å². The highest BCUT2D eigenvalue weighted by Crippen LogP contribution is 2.16. The van der Waals surface area contributed by atoms with E-state index in [4.69, 9.17) is 0 Å². The quantitative estimate of drug-likeness (QED) is 0.486. The van der Waals surface area contributed by atoms with Gasteiger partial charge < -0.3 is 5.32 Å². The van der Waals surface area contributed by atoms with Crippen molar-refractivity contribution >= 4 is 11.8 Å². The van der Waals surface area contributed by atoms with Crippen LogP contribution in [0.2, 0.25) is 0 Å². The summed E-state index contributed by atoms with van der Waals surface area (Å²) >= 11 is 1.84. The number of hydrogen-bond acceptors (Lipinski definition) is 2. The van der Waals surface area contributed by atoms with Crippen LogP contribution >= 0.6 is 11.8 Å². The van der Waals surface area contributed by atoms with Gasteiger partial charge in [0.15, 0.2) is 0 Å². The number of benzene rings is 2. The summed E-state index contributed by atoms with van der Waals surface area (Å²) in [6.45, 7) is 3.04. The number of thioether (sulfide) groups is 1. The Morgan fingerprint density at radius 3 is 2.35 bits per heavy atom. The van der Waals surface area contributed by atoms with Crippen molar-refractivity contribution in [3.05, 3.63) is 65.7 Å². The zero-order valence-corrected chi connectivity index (χ0v) is 10.8. The van der Waals surface area contributed by atoms with E-state index in [9.17, 15) is 0 Å². The van der Waals surface area contributed by atoms with E-state index in [2.05, 4.69) is 60.8 Å². The fourth-order valence-corrected chi connectivity index (χ4v) is 2.26. The van der Waals surface area contributed by atoms with Crippen molar-refractivity contribution in [1.29, 1.82) is 0 Å². The summed E-state index contributed by atoms with van der Waals surface area (Å²) in [6.07, 6.45) is 0. The van der Waals surface area contributed by atoms with E-state index in [-0.39, 0.29) is 0 Å². The molecule has 2 rings (SSSR count). The van der Waals surface area contributed by atoms with Crippen molar-refractivity contribution in [2.24, 2.45) is 0 Å². The summed E-state index contributed by atoms with van der Waals surface area (Å²) in [5.74, 6) is 0.942. The second kappa shape index (κ2) is 6.48. The van der Waals surface area contributed by atoms with Gasteiger partial charge in [0.25, 0.3) is 0 Å². The molecule has 17 heavy (non-hydrogen) atoms. The molecule has 0 unspecified atom stereocenters. The predicted molar refractivity (Wildman–Crippen MR) is 75.2 cm³/mol. The number of nitrogens with one attached hydrogen (secondary N) is 1. The molecule has 1 N–H and O–H groups in total. The maximum atomic E-state index is 3.43. The molecule has 2 heteroatoms. The predicted octanol–water partition coefficient (Wildman–Crippen LogP) is 3.83. The van der Waals surface area contributed by atoms with Crippen LogP contribution in [0, 0.1) is 6.92 Å². The summed E-state index contributed by atoms with van der Waals surface area (Å²) in [4.78, 5) is 1.32. The highest BCUT2D eigenvalue weighted by molar-refractivity contribution is 7.99. The molecular weight excluding hydrogens is 226 g/mol. The lowest BCUT2D eigenvalue weighted by atomic mass is 10.2. The Hall–Kier alpha value is -1.25. The molecule has 0 amide bonds. The van der Waals surface area contributed by atoms with Crippen LogP contribution < -0.4 is 5.32 Å². The molecule has 0 spiro atoms. The third kappa shape index (κ3) is 4.25. The van der Waals surface area contributed by atoms with Crippen molar-refractivity contribution in [2.75, 3.05) is 5.88 Å². The molecule has 0 aliphatic heterocycles. The third-order valence-electron chi connectivity index (χ3n) is 2.53. The van der Waals surface area contributed by atoms with E-state index in [1.165, 1.54) is 16.0 Å². The molecular formula is C15H17NS. The van der Waals surface area contributed by atoms with Gasteiger partial charge in [-0.3, -0.25) is 0 Å². The summed E-state index contributed by atoms with van der Waals surface area (Å²) in [5, 5.41) is 3.43. The van der Waals surface area contributed by atoms with Crippen LogP contribution in [0.1, 0.15) is 11.1 Å². The summed E-state index contributed by atoms with van der Waals surface area (Å²) in [6, 6.07) is 19.1. The van der Waals surface area contributed by atoms with Gasteiger partial charge in [-0.25, -0.2) is 0 Å². The molecule has 1 nitrogen and oxygen atoms in total. The molecule has 0 aromatic heterocycles. The highest BCUT2D eigenvalue weighted by Gasteiger charge is 1.94. The minimum Gasteiger partial charge on any atom is -0.303 e. The SMILES string of the molecule is Cc1ccc(SCNCc2ccccc2)cc1. The summed E-state index contributed by atoms with van der Waals surface area (Å²) in [7, 11) is 0. The van der Waals surface area contributed by atoms with Crippen molar-refractivity contribution in [1.82, 2.24) is 5.32 Å². The number of hydrogen-bond donors (Lipinski definition) is 1. The molecule has 0 atom stereocenters. The zero-order chi connectivity index (χ0) is 11.9. The van der Waals surface area contributed by atoms with Crippen molar-refractivity contribution in [3.8, 4) is 0 Å². The normalized spacial score (nSPS) is 10.4. The van der Waals surface area contributed by atoms with Crippen molar-refractivity contribution < 1.29 is 0 Å². The van der Waals surface area contributed by atoms with E-state index >= 15 is 0 Å². The van der Waals surface area contributed by atoms with Gasteiger partial charge in [-0.1, -0.05) is 48.0 Å². The van der Waals surface area contributed by atoms with Gasteiger partial charge in [0.1, 0.15) is 0 Å². The lowest BCUT2D eigenvalue weighted by Gasteiger charge is -2.05. The van der Waals surface area contributed by atoms with Gasteiger partial charge in [0.05, 0.1) is 0 Å². The van der Waals surface area contributed by atoms with Crippen molar-refractivity contribution in [3.63, 3.8) is 0 Å². The first kappa shape index (κ1) is 12.2. The molecule has 2 aromatic carbocycles. The van der Waals surface area contributed by atoms with E-state index in [0.717, 1.165) is 12.4 Å². The Morgan fingerprint density at radius 1 is 0.941 bits per heavy atom. The average molecular weight is 243 g/mol. The first-order valence-electron chi connectivity index (χ1n) is 5.79. The standard InChI is InChI=1S/C15H17NS/c1-13-7-9-15(10-8-13)17-12-16-11-14-5-3-2-4-6-14/h2-10,16H,11-12H2,1H3. The lowest BCUT2D eigenvalue weighted by Crippen LogP contribution is -2.11.